The molecule has 1 atom stereocenters. The summed E-state index contributed by atoms with van der Waals surface area (Å²) in [6.45, 7) is 14.1. The smallest absolute Gasteiger partial charge is 0.391 e. The molecule has 0 unspecified atom stereocenters. The number of piperidine rings is 1. The second-order valence-corrected chi connectivity index (χ2v) is 13.7. The lowest BCUT2D eigenvalue weighted by molar-refractivity contribution is -0.179. The van der Waals surface area contributed by atoms with E-state index in [0.717, 1.165) is 11.3 Å². The molecule has 0 aliphatic carbocycles. The van der Waals surface area contributed by atoms with Gasteiger partial charge in [-0.3, -0.25) is 0 Å². The highest BCUT2D eigenvalue weighted by molar-refractivity contribution is 6.74. The molecule has 2 rings (SSSR count). The molecule has 1 aromatic carbocycles. The molecule has 0 saturated carbocycles. The second-order valence-electron chi connectivity index (χ2n) is 8.91. The molecule has 6 heteroatoms. The van der Waals surface area contributed by atoms with E-state index in [-0.39, 0.29) is 24.0 Å². The highest BCUT2D eigenvalue weighted by atomic mass is 28.4. The Morgan fingerprint density at radius 2 is 1.54 bits per heavy atom. The van der Waals surface area contributed by atoms with Crippen LogP contribution in [-0.4, -0.2) is 27.6 Å². The Balaban J connectivity index is 1.99. The van der Waals surface area contributed by atoms with Crippen molar-refractivity contribution < 1.29 is 17.6 Å². The number of rotatable bonds is 4. The van der Waals surface area contributed by atoms with Crippen LogP contribution in [0.15, 0.2) is 24.3 Å². The predicted octanol–water partition coefficient (Wildman–Crippen LogP) is 6.55. The molecule has 1 aromatic rings. The van der Waals surface area contributed by atoms with Gasteiger partial charge in [-0.05, 0) is 55.6 Å². The van der Waals surface area contributed by atoms with Gasteiger partial charge in [0.1, 0.15) is 0 Å². The topological polar surface area (TPSA) is 12.5 Å². The van der Waals surface area contributed by atoms with Gasteiger partial charge in [0.2, 0.25) is 0 Å². The summed E-state index contributed by atoms with van der Waals surface area (Å²) in [6, 6.07) is 8.11. The lowest BCUT2D eigenvalue weighted by atomic mass is 9.96. The molecule has 0 radical (unpaired) electrons. The number of anilines is 1. The summed E-state index contributed by atoms with van der Waals surface area (Å²) in [6.07, 6.45) is -3.69. The minimum absolute atomic E-state index is 0.0147. The van der Waals surface area contributed by atoms with E-state index >= 15 is 0 Å². The van der Waals surface area contributed by atoms with Crippen LogP contribution in [0, 0.1) is 5.92 Å². The van der Waals surface area contributed by atoms with E-state index in [9.17, 15) is 13.2 Å². The maximum atomic E-state index is 12.8. The number of halogens is 3. The van der Waals surface area contributed by atoms with Crippen LogP contribution in [0.3, 0.4) is 0 Å². The van der Waals surface area contributed by atoms with E-state index < -0.39 is 20.4 Å². The normalized spacial score (nSPS) is 18.9. The standard InChI is InChI=1S/C20H32F3NOSi/c1-15(25-26(5,6)19(2,3)4)16-7-9-18(10-8-16)24-13-11-17(12-14-24)20(21,22)23/h7-10,15,17H,11-14H2,1-6H3/t15-/m1/s1. The van der Waals surface area contributed by atoms with Gasteiger partial charge < -0.3 is 9.33 Å². The van der Waals surface area contributed by atoms with Crippen molar-refractivity contribution in [2.45, 2.75) is 70.9 Å². The van der Waals surface area contributed by atoms with Crippen LogP contribution in [-0.2, 0) is 4.43 Å². The van der Waals surface area contributed by atoms with Crippen LogP contribution in [0.2, 0.25) is 18.1 Å². The zero-order valence-corrected chi connectivity index (χ0v) is 17.8. The minimum atomic E-state index is -4.06. The van der Waals surface area contributed by atoms with Crippen molar-refractivity contribution in [1.82, 2.24) is 0 Å². The fourth-order valence-electron chi connectivity index (χ4n) is 3.11. The number of alkyl halides is 3. The zero-order chi connectivity index (χ0) is 19.8. The van der Waals surface area contributed by atoms with Gasteiger partial charge in [-0.1, -0.05) is 32.9 Å². The van der Waals surface area contributed by atoms with Crippen molar-refractivity contribution in [2.75, 3.05) is 18.0 Å². The van der Waals surface area contributed by atoms with Gasteiger partial charge in [-0.2, -0.15) is 13.2 Å². The molecule has 0 amide bonds. The minimum Gasteiger partial charge on any atom is -0.410 e. The summed E-state index contributed by atoms with van der Waals surface area (Å²) in [5.74, 6) is -1.16. The molecular formula is C20H32F3NOSi. The average molecular weight is 388 g/mol. The summed E-state index contributed by atoms with van der Waals surface area (Å²) in [7, 11) is -1.84. The molecule has 148 valence electrons. The molecule has 0 aromatic heterocycles. The number of nitrogens with zero attached hydrogens (tertiary/aromatic N) is 1. The third-order valence-electron chi connectivity index (χ3n) is 5.96. The van der Waals surface area contributed by atoms with E-state index in [1.165, 1.54) is 0 Å². The Labute approximate surface area is 156 Å². The fraction of sp³-hybridized carbons (Fsp3) is 0.700. The van der Waals surface area contributed by atoms with Crippen LogP contribution in [0.5, 0.6) is 0 Å². The molecule has 1 saturated heterocycles. The van der Waals surface area contributed by atoms with Gasteiger partial charge >= 0.3 is 6.18 Å². The first-order valence-electron chi connectivity index (χ1n) is 9.41. The maximum Gasteiger partial charge on any atom is 0.391 e. The van der Waals surface area contributed by atoms with Gasteiger partial charge in [0.25, 0.3) is 0 Å². The number of benzene rings is 1. The number of hydrogen-bond acceptors (Lipinski definition) is 2. The van der Waals surface area contributed by atoms with Crippen LogP contribution in [0.4, 0.5) is 18.9 Å². The van der Waals surface area contributed by atoms with Crippen LogP contribution < -0.4 is 4.90 Å². The highest BCUT2D eigenvalue weighted by Gasteiger charge is 2.41. The second kappa shape index (κ2) is 7.54. The number of hydrogen-bond donors (Lipinski definition) is 0. The predicted molar refractivity (Wildman–Crippen MR) is 104 cm³/mol. The van der Waals surface area contributed by atoms with Gasteiger partial charge in [0.05, 0.1) is 12.0 Å². The Morgan fingerprint density at radius 3 is 1.96 bits per heavy atom. The first-order chi connectivity index (χ1) is 11.8. The highest BCUT2D eigenvalue weighted by Crippen LogP contribution is 2.40. The fourth-order valence-corrected chi connectivity index (χ4v) is 4.48. The summed E-state index contributed by atoms with van der Waals surface area (Å²) in [5, 5.41) is 0.157. The van der Waals surface area contributed by atoms with Crippen molar-refractivity contribution in [3.8, 4) is 0 Å². The Hall–Kier alpha value is -1.01. The molecule has 0 spiro atoms. The van der Waals surface area contributed by atoms with Gasteiger partial charge in [-0.25, -0.2) is 0 Å². The first kappa shape index (κ1) is 21.3. The lowest BCUT2D eigenvalue weighted by Crippen LogP contribution is -2.41. The van der Waals surface area contributed by atoms with Crippen molar-refractivity contribution >= 4 is 14.0 Å². The van der Waals surface area contributed by atoms with Crippen molar-refractivity contribution in [3.63, 3.8) is 0 Å². The van der Waals surface area contributed by atoms with E-state index in [1.807, 2.05) is 29.2 Å². The summed E-state index contributed by atoms with van der Waals surface area (Å²) < 4.78 is 44.8. The molecule has 2 nitrogen and oxygen atoms in total. The van der Waals surface area contributed by atoms with E-state index in [4.69, 9.17) is 4.43 Å². The van der Waals surface area contributed by atoms with E-state index in [2.05, 4.69) is 40.8 Å². The van der Waals surface area contributed by atoms with E-state index in [0.29, 0.717) is 13.1 Å². The van der Waals surface area contributed by atoms with Gasteiger partial charge in [0.15, 0.2) is 8.32 Å². The maximum absolute atomic E-state index is 12.8. The third-order valence-corrected chi connectivity index (χ3v) is 10.5. The van der Waals surface area contributed by atoms with E-state index in [1.54, 1.807) is 0 Å². The lowest BCUT2D eigenvalue weighted by Gasteiger charge is -2.38. The molecular weight excluding hydrogens is 355 g/mol. The van der Waals surface area contributed by atoms with Gasteiger partial charge in [-0.15, -0.1) is 0 Å². The molecule has 0 bridgehead atoms. The monoisotopic (exact) mass is 387 g/mol. The molecule has 1 heterocycles. The Kier molecular flexibility index (Phi) is 6.18. The SMILES string of the molecule is C[C@@H](O[Si](C)(C)C(C)(C)C)c1ccc(N2CCC(C(F)(F)F)CC2)cc1. The first-order valence-corrected chi connectivity index (χ1v) is 12.3. The van der Waals surface area contributed by atoms with Gasteiger partial charge in [0, 0.05) is 18.8 Å². The van der Waals surface area contributed by atoms with Crippen LogP contribution in [0.25, 0.3) is 0 Å². The molecule has 0 N–H and O–H groups in total. The van der Waals surface area contributed by atoms with Crippen molar-refractivity contribution in [3.05, 3.63) is 29.8 Å². The largest absolute Gasteiger partial charge is 0.410 e. The summed E-state index contributed by atoms with van der Waals surface area (Å²) >= 11 is 0. The summed E-state index contributed by atoms with van der Waals surface area (Å²) in [5.41, 5.74) is 2.11. The van der Waals surface area contributed by atoms with Crippen LogP contribution >= 0.6 is 0 Å². The molecule has 26 heavy (non-hydrogen) atoms. The quantitative estimate of drug-likeness (QED) is 0.543. The van der Waals surface area contributed by atoms with Crippen molar-refractivity contribution in [2.24, 2.45) is 5.92 Å². The third kappa shape index (κ3) is 5.03. The van der Waals surface area contributed by atoms with Crippen molar-refractivity contribution in [1.29, 1.82) is 0 Å². The molecule has 1 aliphatic heterocycles. The Bertz CT molecular complexity index is 585. The molecule has 1 fully saturated rings. The Morgan fingerprint density at radius 1 is 1.04 bits per heavy atom. The zero-order valence-electron chi connectivity index (χ0n) is 16.8. The van der Waals surface area contributed by atoms with Crippen LogP contribution in [0.1, 0.15) is 52.2 Å². The average Bonchev–Trinajstić information content (AvgIpc) is 2.53. The molecule has 1 aliphatic rings. The summed E-state index contributed by atoms with van der Waals surface area (Å²) in [4.78, 5) is 2.05.